The third-order valence-corrected chi connectivity index (χ3v) is 4.23. The van der Waals surface area contributed by atoms with Gasteiger partial charge in [-0.1, -0.05) is 18.2 Å². The zero-order valence-electron chi connectivity index (χ0n) is 11.8. The summed E-state index contributed by atoms with van der Waals surface area (Å²) in [6, 6.07) is 6.25. The highest BCUT2D eigenvalue weighted by molar-refractivity contribution is 7.13. The Morgan fingerprint density at radius 1 is 1.35 bits per heavy atom. The van der Waals surface area contributed by atoms with Crippen LogP contribution in [0.5, 0.6) is 0 Å². The lowest BCUT2D eigenvalue weighted by molar-refractivity contribution is 0.0697. The van der Waals surface area contributed by atoms with Crippen LogP contribution in [0.1, 0.15) is 37.1 Å². The van der Waals surface area contributed by atoms with E-state index >= 15 is 0 Å². The summed E-state index contributed by atoms with van der Waals surface area (Å²) in [6.07, 6.45) is 0.649. The molecule has 0 radical (unpaired) electrons. The molecule has 0 aliphatic heterocycles. The molecule has 0 spiro atoms. The molecule has 0 atom stereocenters. The van der Waals surface area contributed by atoms with Crippen LogP contribution < -0.4 is 0 Å². The number of benzene rings is 1. The first-order valence-electron chi connectivity index (χ1n) is 6.28. The van der Waals surface area contributed by atoms with Crippen molar-refractivity contribution in [3.8, 4) is 0 Å². The zero-order valence-corrected chi connectivity index (χ0v) is 12.6. The molecule has 1 aromatic heterocycles. The average Bonchev–Trinajstić information content (AvgIpc) is 2.77. The van der Waals surface area contributed by atoms with Crippen LogP contribution in [0.3, 0.4) is 0 Å². The Hall–Kier alpha value is -1.72. The van der Waals surface area contributed by atoms with Gasteiger partial charge in [0.25, 0.3) is 0 Å². The molecule has 2 rings (SSSR count). The zero-order chi connectivity index (χ0) is 14.7. The van der Waals surface area contributed by atoms with Gasteiger partial charge in [-0.25, -0.2) is 9.78 Å². The smallest absolute Gasteiger partial charge is 0.347 e. The van der Waals surface area contributed by atoms with E-state index in [1.165, 1.54) is 29.6 Å². The van der Waals surface area contributed by atoms with Crippen LogP contribution in [0.2, 0.25) is 0 Å². The fraction of sp³-hybridized carbons (Fsp3) is 0.333. The summed E-state index contributed by atoms with van der Waals surface area (Å²) >= 11 is 1.22. The number of methoxy groups -OCH3 is 1. The standard InChI is InChI=1S/C15H17NO3S/c1-9-4-5-11(6-10(9)2)7-13-16-12(8-19-3)14(20-13)15(17)18/h4-6H,7-8H2,1-3H3,(H,17,18). The van der Waals surface area contributed by atoms with Gasteiger partial charge in [0.1, 0.15) is 4.88 Å². The van der Waals surface area contributed by atoms with Crippen molar-refractivity contribution in [3.05, 3.63) is 50.5 Å². The minimum Gasteiger partial charge on any atom is -0.477 e. The van der Waals surface area contributed by atoms with Gasteiger partial charge in [0.2, 0.25) is 0 Å². The van der Waals surface area contributed by atoms with Crippen molar-refractivity contribution in [2.45, 2.75) is 26.9 Å². The Morgan fingerprint density at radius 3 is 2.70 bits per heavy atom. The van der Waals surface area contributed by atoms with Crippen molar-refractivity contribution in [2.75, 3.05) is 7.11 Å². The van der Waals surface area contributed by atoms with Crippen molar-refractivity contribution in [2.24, 2.45) is 0 Å². The second-order valence-electron chi connectivity index (χ2n) is 4.72. The molecule has 0 saturated carbocycles. The average molecular weight is 291 g/mol. The molecule has 0 amide bonds. The van der Waals surface area contributed by atoms with Crippen molar-refractivity contribution >= 4 is 17.3 Å². The molecule has 4 nitrogen and oxygen atoms in total. The summed E-state index contributed by atoms with van der Waals surface area (Å²) in [5.74, 6) is -0.944. The molecule has 0 aliphatic rings. The monoisotopic (exact) mass is 291 g/mol. The summed E-state index contributed by atoms with van der Waals surface area (Å²) < 4.78 is 5.00. The Labute approximate surface area is 122 Å². The highest BCUT2D eigenvalue weighted by Crippen LogP contribution is 2.23. The number of carbonyl (C=O) groups is 1. The lowest BCUT2D eigenvalue weighted by atomic mass is 10.0. The Balaban J connectivity index is 2.26. The van der Waals surface area contributed by atoms with Crippen LogP contribution in [-0.4, -0.2) is 23.2 Å². The molecule has 20 heavy (non-hydrogen) atoms. The van der Waals surface area contributed by atoms with E-state index in [-0.39, 0.29) is 11.5 Å². The maximum Gasteiger partial charge on any atom is 0.347 e. The second-order valence-corrected chi connectivity index (χ2v) is 5.80. The van der Waals surface area contributed by atoms with E-state index in [2.05, 4.69) is 37.0 Å². The van der Waals surface area contributed by atoms with Gasteiger partial charge in [0, 0.05) is 13.5 Å². The quantitative estimate of drug-likeness (QED) is 0.919. The molecule has 2 aromatic rings. The van der Waals surface area contributed by atoms with Crippen LogP contribution in [0.15, 0.2) is 18.2 Å². The molecule has 1 heterocycles. The van der Waals surface area contributed by atoms with Crippen LogP contribution in [0.25, 0.3) is 0 Å². The molecule has 0 fully saturated rings. The van der Waals surface area contributed by atoms with Gasteiger partial charge in [-0.2, -0.15) is 0 Å². The second kappa shape index (κ2) is 6.15. The van der Waals surface area contributed by atoms with E-state index in [0.717, 1.165) is 10.6 Å². The molecule has 1 aromatic carbocycles. The number of nitrogens with zero attached hydrogens (tertiary/aromatic N) is 1. The predicted octanol–water partition coefficient (Wildman–Crippen LogP) is 3.20. The number of rotatable bonds is 5. The molecule has 0 unspecified atom stereocenters. The normalized spacial score (nSPS) is 10.8. The van der Waals surface area contributed by atoms with Gasteiger partial charge in [-0.15, -0.1) is 11.3 Å². The summed E-state index contributed by atoms with van der Waals surface area (Å²) in [7, 11) is 1.54. The van der Waals surface area contributed by atoms with Crippen molar-refractivity contribution in [1.29, 1.82) is 0 Å². The van der Waals surface area contributed by atoms with E-state index in [1.54, 1.807) is 0 Å². The third kappa shape index (κ3) is 3.23. The summed E-state index contributed by atoms with van der Waals surface area (Å²) in [6.45, 7) is 4.37. The molecule has 0 bridgehead atoms. The van der Waals surface area contributed by atoms with Gasteiger partial charge in [-0.3, -0.25) is 0 Å². The van der Waals surface area contributed by atoms with Crippen molar-refractivity contribution in [3.63, 3.8) is 0 Å². The molecule has 106 valence electrons. The minimum atomic E-state index is -0.944. The number of hydrogen-bond donors (Lipinski definition) is 1. The highest BCUT2D eigenvalue weighted by atomic mass is 32.1. The van der Waals surface area contributed by atoms with Crippen LogP contribution in [0.4, 0.5) is 0 Å². The molecule has 1 N–H and O–H groups in total. The molecule has 0 aliphatic carbocycles. The first-order valence-corrected chi connectivity index (χ1v) is 7.10. The number of aryl methyl sites for hydroxylation is 2. The van der Waals surface area contributed by atoms with Crippen LogP contribution in [0, 0.1) is 13.8 Å². The number of carboxylic acid groups (broad SMARTS) is 1. The summed E-state index contributed by atoms with van der Waals surface area (Å²) in [4.78, 5) is 15.8. The van der Waals surface area contributed by atoms with Crippen LogP contribution in [-0.2, 0) is 17.8 Å². The van der Waals surface area contributed by atoms with E-state index in [4.69, 9.17) is 9.84 Å². The SMILES string of the molecule is COCc1nc(Cc2ccc(C)c(C)c2)sc1C(=O)O. The maximum atomic E-state index is 11.2. The Morgan fingerprint density at radius 2 is 2.10 bits per heavy atom. The van der Waals surface area contributed by atoms with Crippen LogP contribution >= 0.6 is 11.3 Å². The fourth-order valence-corrected chi connectivity index (χ4v) is 2.91. The van der Waals surface area contributed by atoms with E-state index in [1.807, 2.05) is 0 Å². The number of carboxylic acids is 1. The third-order valence-electron chi connectivity index (χ3n) is 3.14. The van der Waals surface area contributed by atoms with Crippen molar-refractivity contribution < 1.29 is 14.6 Å². The van der Waals surface area contributed by atoms with Crippen molar-refractivity contribution in [1.82, 2.24) is 4.98 Å². The first kappa shape index (κ1) is 14.7. The number of aromatic nitrogens is 1. The Kier molecular flexibility index (Phi) is 4.52. The largest absolute Gasteiger partial charge is 0.477 e. The maximum absolute atomic E-state index is 11.2. The Bertz CT molecular complexity index is 634. The number of thiazole rings is 1. The van der Waals surface area contributed by atoms with E-state index < -0.39 is 5.97 Å². The summed E-state index contributed by atoms with van der Waals surface area (Å²) in [5.41, 5.74) is 4.13. The number of ether oxygens (including phenoxy) is 1. The molecular formula is C15H17NO3S. The molecular weight excluding hydrogens is 274 g/mol. The highest BCUT2D eigenvalue weighted by Gasteiger charge is 2.17. The summed E-state index contributed by atoms with van der Waals surface area (Å²) in [5, 5.41) is 9.97. The van der Waals surface area contributed by atoms with Gasteiger partial charge >= 0.3 is 5.97 Å². The van der Waals surface area contributed by atoms with Gasteiger partial charge in [0.15, 0.2) is 0 Å². The minimum absolute atomic E-state index is 0.227. The van der Waals surface area contributed by atoms with Gasteiger partial charge in [-0.05, 0) is 30.5 Å². The lowest BCUT2D eigenvalue weighted by Gasteiger charge is -2.03. The number of aromatic carboxylic acids is 1. The topological polar surface area (TPSA) is 59.4 Å². The molecule has 5 heteroatoms. The van der Waals surface area contributed by atoms with E-state index in [0.29, 0.717) is 12.1 Å². The first-order chi connectivity index (χ1) is 9.51. The number of hydrogen-bond acceptors (Lipinski definition) is 4. The van der Waals surface area contributed by atoms with Gasteiger partial charge < -0.3 is 9.84 Å². The van der Waals surface area contributed by atoms with E-state index in [9.17, 15) is 4.79 Å². The van der Waals surface area contributed by atoms with Gasteiger partial charge in [0.05, 0.1) is 17.3 Å². The molecule has 0 saturated heterocycles. The lowest BCUT2D eigenvalue weighted by Crippen LogP contribution is -1.99. The fourth-order valence-electron chi connectivity index (χ4n) is 1.97. The predicted molar refractivity (Wildman–Crippen MR) is 78.5 cm³/mol.